The van der Waals surface area contributed by atoms with Crippen molar-refractivity contribution in [1.82, 2.24) is 10.2 Å². The molecule has 1 heterocycles. The van der Waals surface area contributed by atoms with E-state index >= 15 is 0 Å². The van der Waals surface area contributed by atoms with E-state index in [9.17, 15) is 4.79 Å². The molecule has 1 aliphatic rings. The summed E-state index contributed by atoms with van der Waals surface area (Å²) in [4.78, 5) is 13.6. The minimum absolute atomic E-state index is 0.0535. The Labute approximate surface area is 99.6 Å². The van der Waals surface area contributed by atoms with Crippen LogP contribution in [0.15, 0.2) is 0 Å². The summed E-state index contributed by atoms with van der Waals surface area (Å²) in [5.74, 6) is 1.75. The van der Waals surface area contributed by atoms with Crippen molar-refractivity contribution in [1.29, 1.82) is 0 Å². The third-order valence-electron chi connectivity index (χ3n) is 3.68. The van der Waals surface area contributed by atoms with Crippen molar-refractivity contribution < 1.29 is 4.79 Å². The Hall–Kier alpha value is -0.570. The average Bonchev–Trinajstić information content (AvgIpc) is 2.28. The molecule has 1 rings (SSSR count). The molecule has 0 aliphatic carbocycles. The topological polar surface area (TPSA) is 32.3 Å². The van der Waals surface area contributed by atoms with Gasteiger partial charge in [0.1, 0.15) is 0 Å². The fourth-order valence-corrected chi connectivity index (χ4v) is 2.45. The predicted octanol–water partition coefficient (Wildman–Crippen LogP) is 1.88. The smallest absolute Gasteiger partial charge is 0.239 e. The molecular weight excluding hydrogens is 200 g/mol. The largest absolute Gasteiger partial charge is 0.347 e. The van der Waals surface area contributed by atoms with E-state index in [4.69, 9.17) is 0 Å². The van der Waals surface area contributed by atoms with E-state index in [1.165, 1.54) is 19.3 Å². The molecule has 16 heavy (non-hydrogen) atoms. The second kappa shape index (κ2) is 6.24. The van der Waals surface area contributed by atoms with Crippen LogP contribution < -0.4 is 5.32 Å². The van der Waals surface area contributed by atoms with Crippen molar-refractivity contribution in [2.24, 2.45) is 11.8 Å². The number of hydrogen-bond donors (Lipinski definition) is 1. The molecular formula is C13H26N2O. The number of piperidine rings is 1. The zero-order valence-corrected chi connectivity index (χ0v) is 11.1. The fraction of sp³-hybridized carbons (Fsp3) is 0.923. The van der Waals surface area contributed by atoms with Gasteiger partial charge in [-0.3, -0.25) is 4.79 Å². The van der Waals surface area contributed by atoms with E-state index in [-0.39, 0.29) is 11.9 Å². The zero-order valence-electron chi connectivity index (χ0n) is 11.1. The van der Waals surface area contributed by atoms with E-state index in [1.54, 1.807) is 4.90 Å². The van der Waals surface area contributed by atoms with Gasteiger partial charge in [-0.2, -0.15) is 0 Å². The van der Waals surface area contributed by atoms with Gasteiger partial charge in [-0.25, -0.2) is 0 Å². The molecule has 1 N–H and O–H groups in total. The molecule has 0 spiro atoms. The monoisotopic (exact) mass is 226 g/mol. The van der Waals surface area contributed by atoms with Crippen LogP contribution in [0.4, 0.5) is 0 Å². The molecule has 3 atom stereocenters. The molecule has 3 nitrogen and oxygen atoms in total. The summed E-state index contributed by atoms with van der Waals surface area (Å²) in [5.41, 5.74) is 0. The first-order valence-electron chi connectivity index (χ1n) is 6.49. The van der Waals surface area contributed by atoms with Crippen LogP contribution in [0, 0.1) is 11.8 Å². The van der Waals surface area contributed by atoms with Crippen LogP contribution in [0.2, 0.25) is 0 Å². The quantitative estimate of drug-likeness (QED) is 0.794. The number of likely N-dealkylation sites (N-methyl/N-ethyl adjacent to an activating group) is 1. The lowest BCUT2D eigenvalue weighted by atomic mass is 9.84. The zero-order chi connectivity index (χ0) is 12.1. The van der Waals surface area contributed by atoms with Crippen molar-refractivity contribution in [3.63, 3.8) is 0 Å². The maximum absolute atomic E-state index is 11.9. The van der Waals surface area contributed by atoms with Gasteiger partial charge in [0, 0.05) is 14.1 Å². The lowest BCUT2D eigenvalue weighted by molar-refractivity contribution is -0.131. The lowest BCUT2D eigenvalue weighted by Gasteiger charge is -2.32. The van der Waals surface area contributed by atoms with E-state index in [0.29, 0.717) is 0 Å². The van der Waals surface area contributed by atoms with E-state index < -0.39 is 0 Å². The number of carbonyl (C=O) groups excluding carboxylic acids is 1. The van der Waals surface area contributed by atoms with Crippen LogP contribution in [-0.4, -0.2) is 37.5 Å². The summed E-state index contributed by atoms with van der Waals surface area (Å²) in [7, 11) is 3.67. The molecule has 1 saturated heterocycles. The van der Waals surface area contributed by atoms with E-state index in [1.807, 2.05) is 14.1 Å². The second-order valence-electron chi connectivity index (χ2n) is 5.38. The molecule has 1 aliphatic heterocycles. The Bertz CT molecular complexity index is 228. The Morgan fingerprint density at radius 1 is 1.50 bits per heavy atom. The number of nitrogens with zero attached hydrogens (tertiary/aromatic N) is 1. The third kappa shape index (κ3) is 3.78. The minimum atomic E-state index is 0.0535. The highest BCUT2D eigenvalue weighted by atomic mass is 16.2. The Morgan fingerprint density at radius 2 is 2.19 bits per heavy atom. The highest BCUT2D eigenvalue weighted by molar-refractivity contribution is 5.81. The summed E-state index contributed by atoms with van der Waals surface area (Å²) < 4.78 is 0. The summed E-state index contributed by atoms with van der Waals surface area (Å²) >= 11 is 0. The van der Waals surface area contributed by atoms with Gasteiger partial charge in [0.2, 0.25) is 5.91 Å². The molecule has 3 heteroatoms. The standard InChI is InChI=1S/C13H26N2O/c1-5-10(2)8-11-6-7-14-12(9-11)13(16)15(3)4/h10-12,14H,5-9H2,1-4H3. The minimum Gasteiger partial charge on any atom is -0.347 e. The summed E-state index contributed by atoms with van der Waals surface area (Å²) in [6.45, 7) is 5.55. The van der Waals surface area contributed by atoms with Gasteiger partial charge in [0.25, 0.3) is 0 Å². The third-order valence-corrected chi connectivity index (χ3v) is 3.68. The van der Waals surface area contributed by atoms with Gasteiger partial charge in [-0.1, -0.05) is 20.3 Å². The molecule has 1 amide bonds. The molecule has 0 aromatic heterocycles. The molecule has 3 unspecified atom stereocenters. The van der Waals surface area contributed by atoms with Crippen molar-refractivity contribution in [3.8, 4) is 0 Å². The van der Waals surface area contributed by atoms with E-state index in [2.05, 4.69) is 19.2 Å². The Balaban J connectivity index is 2.44. The Kier molecular flexibility index (Phi) is 5.26. The second-order valence-corrected chi connectivity index (χ2v) is 5.38. The molecule has 0 radical (unpaired) electrons. The van der Waals surface area contributed by atoms with Crippen molar-refractivity contribution in [2.75, 3.05) is 20.6 Å². The number of carbonyl (C=O) groups is 1. The van der Waals surface area contributed by atoms with Gasteiger partial charge in [0.15, 0.2) is 0 Å². The number of amides is 1. The summed E-state index contributed by atoms with van der Waals surface area (Å²) in [6.07, 6.45) is 4.76. The molecule has 1 fully saturated rings. The van der Waals surface area contributed by atoms with Crippen molar-refractivity contribution >= 4 is 5.91 Å². The van der Waals surface area contributed by atoms with Crippen LogP contribution in [-0.2, 0) is 4.79 Å². The van der Waals surface area contributed by atoms with Crippen LogP contribution in [0.1, 0.15) is 39.5 Å². The van der Waals surface area contributed by atoms with Gasteiger partial charge >= 0.3 is 0 Å². The first kappa shape index (κ1) is 13.5. The maximum atomic E-state index is 11.9. The van der Waals surface area contributed by atoms with Gasteiger partial charge < -0.3 is 10.2 Å². The molecule has 0 saturated carbocycles. The predicted molar refractivity (Wildman–Crippen MR) is 67.3 cm³/mol. The highest BCUT2D eigenvalue weighted by Gasteiger charge is 2.28. The van der Waals surface area contributed by atoms with Crippen LogP contribution in [0.3, 0.4) is 0 Å². The van der Waals surface area contributed by atoms with Gasteiger partial charge in [0.05, 0.1) is 6.04 Å². The summed E-state index contributed by atoms with van der Waals surface area (Å²) in [5, 5.41) is 3.33. The van der Waals surface area contributed by atoms with Gasteiger partial charge in [-0.05, 0) is 37.6 Å². The van der Waals surface area contributed by atoms with Crippen LogP contribution in [0.5, 0.6) is 0 Å². The average molecular weight is 226 g/mol. The number of rotatable bonds is 4. The first-order chi connectivity index (χ1) is 7.54. The van der Waals surface area contributed by atoms with E-state index in [0.717, 1.165) is 24.8 Å². The normalized spacial score (nSPS) is 27.5. The Morgan fingerprint density at radius 3 is 2.75 bits per heavy atom. The highest BCUT2D eigenvalue weighted by Crippen LogP contribution is 2.25. The molecule has 0 bridgehead atoms. The lowest BCUT2D eigenvalue weighted by Crippen LogP contribution is -2.48. The molecule has 0 aromatic carbocycles. The molecule has 94 valence electrons. The summed E-state index contributed by atoms with van der Waals surface area (Å²) in [6, 6.07) is 0.0535. The van der Waals surface area contributed by atoms with Crippen molar-refractivity contribution in [2.45, 2.75) is 45.6 Å². The molecule has 0 aromatic rings. The van der Waals surface area contributed by atoms with Crippen LogP contribution in [0.25, 0.3) is 0 Å². The van der Waals surface area contributed by atoms with Crippen molar-refractivity contribution in [3.05, 3.63) is 0 Å². The fourth-order valence-electron chi connectivity index (χ4n) is 2.45. The SMILES string of the molecule is CCC(C)CC1CCNC(C(=O)N(C)C)C1. The first-order valence-corrected chi connectivity index (χ1v) is 6.49. The number of hydrogen-bond acceptors (Lipinski definition) is 2. The number of nitrogens with one attached hydrogen (secondary N) is 1. The van der Waals surface area contributed by atoms with Gasteiger partial charge in [-0.15, -0.1) is 0 Å². The maximum Gasteiger partial charge on any atom is 0.239 e. The van der Waals surface area contributed by atoms with Crippen LogP contribution >= 0.6 is 0 Å².